The highest BCUT2D eigenvalue weighted by Gasteiger charge is 2.56. The quantitative estimate of drug-likeness (QED) is 0.513. The molecule has 15 heavy (non-hydrogen) atoms. The molecule has 0 aliphatic heterocycles. The van der Waals surface area contributed by atoms with E-state index in [2.05, 4.69) is 27.4 Å². The average molecular weight is 204 g/mol. The van der Waals surface area contributed by atoms with Crippen LogP contribution in [0.25, 0.3) is 0 Å². The maximum Gasteiger partial charge on any atom is -0.0167 e. The molecule has 4 atom stereocenters. The first kappa shape index (κ1) is 9.93. The Hall–Kier alpha value is -0.260. The lowest BCUT2D eigenvalue weighted by Gasteiger charge is -2.54. The van der Waals surface area contributed by atoms with Crippen LogP contribution >= 0.6 is 0 Å². The van der Waals surface area contributed by atoms with Crippen molar-refractivity contribution in [3.8, 4) is 0 Å². The van der Waals surface area contributed by atoms with Gasteiger partial charge in [-0.05, 0) is 60.7 Å². The number of rotatable bonds is 0. The van der Waals surface area contributed by atoms with E-state index in [0.29, 0.717) is 10.8 Å². The second-order valence-corrected chi connectivity index (χ2v) is 7.36. The van der Waals surface area contributed by atoms with Gasteiger partial charge in [0.2, 0.25) is 0 Å². The molecule has 0 heteroatoms. The van der Waals surface area contributed by atoms with Crippen molar-refractivity contribution in [2.24, 2.45) is 28.6 Å². The van der Waals surface area contributed by atoms with Crippen molar-refractivity contribution < 1.29 is 0 Å². The third kappa shape index (κ3) is 1.33. The molecule has 0 spiro atoms. The van der Waals surface area contributed by atoms with E-state index < -0.39 is 0 Å². The number of hydrogen-bond donors (Lipinski definition) is 0. The molecular formula is C15H24. The standard InChI is InChI=1S/C15H24/c1-10-7-11-8-15(11,4)6-5-13-12(10)9-14(13,2)3/h11-13H,1,5-9H2,2-4H3/t11-,12-,13-,15-/m1/s1. The second kappa shape index (κ2) is 2.70. The van der Waals surface area contributed by atoms with Crippen LogP contribution in [0.4, 0.5) is 0 Å². The Morgan fingerprint density at radius 3 is 2.60 bits per heavy atom. The minimum atomic E-state index is 0.603. The molecule has 0 heterocycles. The lowest BCUT2D eigenvalue weighted by atomic mass is 9.51. The van der Waals surface area contributed by atoms with Gasteiger partial charge in [0.05, 0.1) is 0 Å². The Labute approximate surface area is 94.1 Å². The van der Waals surface area contributed by atoms with Crippen molar-refractivity contribution in [2.45, 2.75) is 52.9 Å². The first-order chi connectivity index (χ1) is 6.92. The summed E-state index contributed by atoms with van der Waals surface area (Å²) in [5.41, 5.74) is 2.90. The molecular weight excluding hydrogens is 180 g/mol. The zero-order chi connectivity index (χ0) is 10.8. The van der Waals surface area contributed by atoms with Crippen LogP contribution in [-0.2, 0) is 0 Å². The van der Waals surface area contributed by atoms with Gasteiger partial charge in [0, 0.05) is 0 Å². The van der Waals surface area contributed by atoms with Crippen molar-refractivity contribution in [1.82, 2.24) is 0 Å². The smallest absolute Gasteiger partial charge is 0.0167 e. The highest BCUT2D eigenvalue weighted by molar-refractivity contribution is 5.19. The largest absolute Gasteiger partial charge is 0.0996 e. The second-order valence-electron chi connectivity index (χ2n) is 7.36. The summed E-state index contributed by atoms with van der Waals surface area (Å²) < 4.78 is 0. The molecule has 3 fully saturated rings. The van der Waals surface area contributed by atoms with Gasteiger partial charge >= 0.3 is 0 Å². The van der Waals surface area contributed by atoms with E-state index in [0.717, 1.165) is 17.8 Å². The van der Waals surface area contributed by atoms with E-state index in [-0.39, 0.29) is 0 Å². The molecule has 0 bridgehead atoms. The summed E-state index contributed by atoms with van der Waals surface area (Å²) in [4.78, 5) is 0. The van der Waals surface area contributed by atoms with Crippen molar-refractivity contribution in [3.63, 3.8) is 0 Å². The van der Waals surface area contributed by atoms with Crippen LogP contribution in [0.5, 0.6) is 0 Å². The predicted octanol–water partition coefficient (Wildman–Crippen LogP) is 4.42. The van der Waals surface area contributed by atoms with Crippen LogP contribution in [-0.4, -0.2) is 0 Å². The first-order valence-corrected chi connectivity index (χ1v) is 6.60. The Morgan fingerprint density at radius 1 is 1.20 bits per heavy atom. The summed E-state index contributed by atoms with van der Waals surface area (Å²) in [5.74, 6) is 2.82. The van der Waals surface area contributed by atoms with Crippen LogP contribution in [0.3, 0.4) is 0 Å². The molecule has 3 saturated carbocycles. The van der Waals surface area contributed by atoms with Crippen molar-refractivity contribution in [3.05, 3.63) is 12.2 Å². The molecule has 3 aliphatic carbocycles. The van der Waals surface area contributed by atoms with Gasteiger partial charge < -0.3 is 0 Å². The lowest BCUT2D eigenvalue weighted by Crippen LogP contribution is -2.45. The maximum absolute atomic E-state index is 4.37. The molecule has 3 rings (SSSR count). The third-order valence-electron chi connectivity index (χ3n) is 5.83. The van der Waals surface area contributed by atoms with E-state index in [9.17, 15) is 0 Å². The molecule has 84 valence electrons. The Bertz CT molecular complexity index is 312. The Kier molecular flexibility index (Phi) is 1.79. The monoisotopic (exact) mass is 204 g/mol. The van der Waals surface area contributed by atoms with E-state index >= 15 is 0 Å². The molecule has 0 aromatic rings. The Balaban J connectivity index is 1.80. The van der Waals surface area contributed by atoms with E-state index in [1.165, 1.54) is 32.1 Å². The molecule has 3 aliphatic rings. The van der Waals surface area contributed by atoms with Gasteiger partial charge in [0.25, 0.3) is 0 Å². The molecule has 0 amide bonds. The summed E-state index contributed by atoms with van der Waals surface area (Å²) in [5, 5.41) is 0. The number of hydrogen-bond acceptors (Lipinski definition) is 0. The molecule has 0 radical (unpaired) electrons. The topological polar surface area (TPSA) is 0 Å². The fourth-order valence-corrected chi connectivity index (χ4v) is 4.35. The maximum atomic E-state index is 4.37. The summed E-state index contributed by atoms with van der Waals surface area (Å²) in [6.45, 7) is 11.8. The average Bonchev–Trinajstić information content (AvgIpc) is 2.71. The zero-order valence-electron chi connectivity index (χ0n) is 10.5. The predicted molar refractivity (Wildman–Crippen MR) is 64.6 cm³/mol. The molecule has 0 N–H and O–H groups in total. The fourth-order valence-electron chi connectivity index (χ4n) is 4.35. The summed E-state index contributed by atoms with van der Waals surface area (Å²) in [6, 6.07) is 0. The van der Waals surface area contributed by atoms with Gasteiger partial charge in [-0.25, -0.2) is 0 Å². The number of allylic oxidation sites excluding steroid dienone is 1. The van der Waals surface area contributed by atoms with E-state index in [4.69, 9.17) is 0 Å². The van der Waals surface area contributed by atoms with Gasteiger partial charge in [-0.1, -0.05) is 32.9 Å². The van der Waals surface area contributed by atoms with Gasteiger partial charge in [-0.15, -0.1) is 0 Å². The van der Waals surface area contributed by atoms with Crippen LogP contribution in [0.1, 0.15) is 52.9 Å². The lowest BCUT2D eigenvalue weighted by molar-refractivity contribution is -0.00672. The minimum Gasteiger partial charge on any atom is -0.0996 e. The fraction of sp³-hybridized carbons (Fsp3) is 0.867. The zero-order valence-corrected chi connectivity index (χ0v) is 10.5. The normalized spacial score (nSPS) is 51.9. The Morgan fingerprint density at radius 2 is 1.93 bits per heavy atom. The third-order valence-corrected chi connectivity index (χ3v) is 5.83. The molecule has 0 nitrogen and oxygen atoms in total. The minimum absolute atomic E-state index is 0.603. The van der Waals surface area contributed by atoms with Crippen LogP contribution in [0, 0.1) is 28.6 Å². The van der Waals surface area contributed by atoms with Crippen LogP contribution in [0.2, 0.25) is 0 Å². The van der Waals surface area contributed by atoms with Crippen LogP contribution in [0.15, 0.2) is 12.2 Å². The SMILES string of the molecule is C=C1C[C@@H]2C[C@@]2(C)CC[C@@H]2[C@@H]1CC2(C)C. The molecule has 0 unspecified atom stereocenters. The molecule has 0 aromatic carbocycles. The summed E-state index contributed by atoms with van der Waals surface area (Å²) in [7, 11) is 0. The highest BCUT2D eigenvalue weighted by atomic mass is 14.6. The van der Waals surface area contributed by atoms with Gasteiger partial charge in [0.1, 0.15) is 0 Å². The molecule has 0 saturated heterocycles. The first-order valence-electron chi connectivity index (χ1n) is 6.60. The summed E-state index contributed by atoms with van der Waals surface area (Å²) in [6.07, 6.45) is 7.17. The van der Waals surface area contributed by atoms with E-state index in [1.54, 1.807) is 5.57 Å². The van der Waals surface area contributed by atoms with Crippen molar-refractivity contribution in [1.29, 1.82) is 0 Å². The number of fused-ring (bicyclic) bond motifs is 2. The van der Waals surface area contributed by atoms with Crippen molar-refractivity contribution >= 4 is 0 Å². The van der Waals surface area contributed by atoms with E-state index in [1.807, 2.05) is 0 Å². The highest BCUT2D eigenvalue weighted by Crippen LogP contribution is 2.65. The van der Waals surface area contributed by atoms with Crippen LogP contribution < -0.4 is 0 Å². The summed E-state index contributed by atoms with van der Waals surface area (Å²) >= 11 is 0. The van der Waals surface area contributed by atoms with Gasteiger partial charge in [-0.2, -0.15) is 0 Å². The van der Waals surface area contributed by atoms with Gasteiger partial charge in [-0.3, -0.25) is 0 Å². The van der Waals surface area contributed by atoms with Gasteiger partial charge in [0.15, 0.2) is 0 Å². The van der Waals surface area contributed by atoms with Crippen molar-refractivity contribution in [2.75, 3.05) is 0 Å². The molecule has 0 aromatic heterocycles.